The molecule has 4 heteroatoms. The molecule has 0 spiro atoms. The summed E-state index contributed by atoms with van der Waals surface area (Å²) in [5.41, 5.74) is 3.40. The predicted molar refractivity (Wildman–Crippen MR) is 89.4 cm³/mol. The van der Waals surface area contributed by atoms with Crippen LogP contribution in [0, 0.1) is 0 Å². The zero-order valence-corrected chi connectivity index (χ0v) is 13.7. The van der Waals surface area contributed by atoms with Crippen LogP contribution >= 0.6 is 23.2 Å². The van der Waals surface area contributed by atoms with E-state index >= 15 is 0 Å². The third-order valence-corrected chi connectivity index (χ3v) is 4.32. The van der Waals surface area contributed by atoms with Gasteiger partial charge in [-0.3, -0.25) is 0 Å². The molecule has 0 aliphatic heterocycles. The van der Waals surface area contributed by atoms with Gasteiger partial charge in [0.1, 0.15) is 0 Å². The third kappa shape index (κ3) is 3.98. The molecule has 0 amide bonds. The van der Waals surface area contributed by atoms with Crippen molar-refractivity contribution in [3.05, 3.63) is 69.2 Å². The van der Waals surface area contributed by atoms with Gasteiger partial charge in [-0.1, -0.05) is 59.6 Å². The zero-order chi connectivity index (χ0) is 15.2. The van der Waals surface area contributed by atoms with Gasteiger partial charge in [0, 0.05) is 7.11 Å². The van der Waals surface area contributed by atoms with E-state index < -0.39 is 0 Å². The van der Waals surface area contributed by atoms with Crippen LogP contribution in [-0.2, 0) is 11.2 Å². The lowest BCUT2D eigenvalue weighted by Gasteiger charge is -2.19. The molecular weight excluding hydrogens is 305 g/mol. The fraction of sp³-hybridized carbons (Fsp3) is 0.294. The molecular formula is C17H19Cl2NO. The second-order valence-electron chi connectivity index (χ2n) is 4.85. The van der Waals surface area contributed by atoms with Crippen molar-refractivity contribution in [2.45, 2.75) is 12.5 Å². The molecule has 1 unspecified atom stereocenters. The zero-order valence-electron chi connectivity index (χ0n) is 12.2. The molecule has 0 fully saturated rings. The molecule has 0 aliphatic carbocycles. The summed E-state index contributed by atoms with van der Waals surface area (Å²) in [6, 6.07) is 14.2. The standard InChI is InChI=1S/C17H19Cl2NO/c1-20-17(14-4-3-5-15(18)16(14)19)13-8-6-12(7-9-13)10-11-21-2/h3-9,17,20H,10-11H2,1-2H3. The van der Waals surface area contributed by atoms with Crippen molar-refractivity contribution in [2.24, 2.45) is 0 Å². The summed E-state index contributed by atoms with van der Waals surface area (Å²) >= 11 is 12.4. The second-order valence-corrected chi connectivity index (χ2v) is 5.63. The highest BCUT2D eigenvalue weighted by Gasteiger charge is 2.16. The lowest BCUT2D eigenvalue weighted by atomic mass is 9.97. The van der Waals surface area contributed by atoms with E-state index in [1.54, 1.807) is 13.2 Å². The molecule has 0 aromatic heterocycles. The predicted octanol–water partition coefficient (Wildman–Crippen LogP) is 4.49. The van der Waals surface area contributed by atoms with E-state index in [9.17, 15) is 0 Å². The lowest BCUT2D eigenvalue weighted by molar-refractivity contribution is 0.202. The van der Waals surface area contributed by atoms with Crippen molar-refractivity contribution in [2.75, 3.05) is 20.8 Å². The van der Waals surface area contributed by atoms with Gasteiger partial charge in [0.05, 0.1) is 22.7 Å². The fourth-order valence-corrected chi connectivity index (χ4v) is 2.76. The topological polar surface area (TPSA) is 21.3 Å². The molecule has 2 nitrogen and oxygen atoms in total. The molecule has 2 aromatic carbocycles. The highest BCUT2D eigenvalue weighted by atomic mass is 35.5. The minimum absolute atomic E-state index is 0.0210. The Hall–Kier alpha value is -1.06. The number of benzene rings is 2. The van der Waals surface area contributed by atoms with Crippen LogP contribution in [0.3, 0.4) is 0 Å². The number of methoxy groups -OCH3 is 1. The maximum absolute atomic E-state index is 6.33. The molecule has 2 rings (SSSR count). The summed E-state index contributed by atoms with van der Waals surface area (Å²) in [5.74, 6) is 0. The fourth-order valence-electron chi connectivity index (χ4n) is 2.34. The molecule has 112 valence electrons. The minimum Gasteiger partial charge on any atom is -0.384 e. The van der Waals surface area contributed by atoms with E-state index in [1.165, 1.54) is 5.56 Å². The molecule has 0 radical (unpaired) electrons. The van der Waals surface area contributed by atoms with Gasteiger partial charge in [-0.25, -0.2) is 0 Å². The Morgan fingerprint density at radius 3 is 2.43 bits per heavy atom. The first kappa shape index (κ1) is 16.3. The first-order valence-corrected chi connectivity index (χ1v) is 7.62. The van der Waals surface area contributed by atoms with E-state index in [4.69, 9.17) is 27.9 Å². The average molecular weight is 324 g/mol. The van der Waals surface area contributed by atoms with Crippen molar-refractivity contribution in [1.82, 2.24) is 5.32 Å². The van der Waals surface area contributed by atoms with E-state index in [1.807, 2.05) is 19.2 Å². The van der Waals surface area contributed by atoms with E-state index in [0.717, 1.165) is 24.2 Å². The Balaban J connectivity index is 2.27. The maximum Gasteiger partial charge on any atom is 0.0643 e. The maximum atomic E-state index is 6.33. The molecule has 1 N–H and O–H groups in total. The van der Waals surface area contributed by atoms with Gasteiger partial charge in [-0.05, 0) is 36.2 Å². The minimum atomic E-state index is 0.0210. The van der Waals surface area contributed by atoms with Crippen LogP contribution in [0.1, 0.15) is 22.7 Å². The lowest BCUT2D eigenvalue weighted by Crippen LogP contribution is -2.18. The molecule has 0 aliphatic rings. The van der Waals surface area contributed by atoms with Crippen LogP contribution in [0.15, 0.2) is 42.5 Å². The van der Waals surface area contributed by atoms with E-state index in [-0.39, 0.29) is 6.04 Å². The SMILES string of the molecule is CNC(c1ccc(CCOC)cc1)c1cccc(Cl)c1Cl. The third-order valence-electron chi connectivity index (χ3n) is 3.49. The summed E-state index contributed by atoms with van der Waals surface area (Å²) in [6.07, 6.45) is 0.916. The molecule has 0 heterocycles. The van der Waals surface area contributed by atoms with Gasteiger partial charge in [0.25, 0.3) is 0 Å². The summed E-state index contributed by atoms with van der Waals surface area (Å²) in [5, 5.41) is 4.47. The molecule has 0 bridgehead atoms. The average Bonchev–Trinajstić information content (AvgIpc) is 2.51. The normalized spacial score (nSPS) is 12.4. The first-order valence-electron chi connectivity index (χ1n) is 6.86. The van der Waals surface area contributed by atoms with Crippen LogP contribution in [0.25, 0.3) is 0 Å². The smallest absolute Gasteiger partial charge is 0.0643 e. The molecule has 0 saturated carbocycles. The van der Waals surface area contributed by atoms with Crippen molar-refractivity contribution in [3.8, 4) is 0 Å². The Kier molecular flexibility index (Phi) is 6.07. The van der Waals surface area contributed by atoms with Crippen molar-refractivity contribution >= 4 is 23.2 Å². The Morgan fingerprint density at radius 1 is 1.10 bits per heavy atom. The van der Waals surface area contributed by atoms with Crippen molar-refractivity contribution in [1.29, 1.82) is 0 Å². The quantitative estimate of drug-likeness (QED) is 0.845. The van der Waals surface area contributed by atoms with Crippen LogP contribution in [-0.4, -0.2) is 20.8 Å². The number of ether oxygens (including phenoxy) is 1. The molecule has 21 heavy (non-hydrogen) atoms. The highest BCUT2D eigenvalue weighted by Crippen LogP contribution is 2.33. The summed E-state index contributed by atoms with van der Waals surface area (Å²) in [7, 11) is 3.63. The number of nitrogens with one attached hydrogen (secondary N) is 1. The highest BCUT2D eigenvalue weighted by molar-refractivity contribution is 6.42. The van der Waals surface area contributed by atoms with Crippen LogP contribution in [0.5, 0.6) is 0 Å². The van der Waals surface area contributed by atoms with Gasteiger partial charge >= 0.3 is 0 Å². The van der Waals surface area contributed by atoms with Crippen LogP contribution in [0.2, 0.25) is 10.0 Å². The number of halogens is 2. The second kappa shape index (κ2) is 7.81. The summed E-state index contributed by atoms with van der Waals surface area (Å²) < 4.78 is 5.10. The Morgan fingerprint density at radius 2 is 1.81 bits per heavy atom. The van der Waals surface area contributed by atoms with Gasteiger partial charge in [0.2, 0.25) is 0 Å². The van der Waals surface area contributed by atoms with Gasteiger partial charge in [0.15, 0.2) is 0 Å². The number of rotatable bonds is 6. The van der Waals surface area contributed by atoms with Crippen molar-refractivity contribution < 1.29 is 4.74 Å². The first-order chi connectivity index (χ1) is 10.2. The van der Waals surface area contributed by atoms with E-state index in [2.05, 4.69) is 29.6 Å². The molecule has 0 saturated heterocycles. The monoisotopic (exact) mass is 323 g/mol. The molecule has 1 atom stereocenters. The largest absolute Gasteiger partial charge is 0.384 e. The summed E-state index contributed by atoms with van der Waals surface area (Å²) in [4.78, 5) is 0. The Labute approximate surface area is 136 Å². The summed E-state index contributed by atoms with van der Waals surface area (Å²) in [6.45, 7) is 0.731. The molecule has 2 aromatic rings. The van der Waals surface area contributed by atoms with Crippen LogP contribution < -0.4 is 5.32 Å². The van der Waals surface area contributed by atoms with Crippen molar-refractivity contribution in [3.63, 3.8) is 0 Å². The van der Waals surface area contributed by atoms with Crippen LogP contribution in [0.4, 0.5) is 0 Å². The Bertz CT molecular complexity index is 584. The van der Waals surface area contributed by atoms with Gasteiger partial charge in [-0.15, -0.1) is 0 Å². The number of hydrogen-bond donors (Lipinski definition) is 1. The van der Waals surface area contributed by atoms with E-state index in [0.29, 0.717) is 10.0 Å². The van der Waals surface area contributed by atoms with Gasteiger partial charge < -0.3 is 10.1 Å². The number of hydrogen-bond acceptors (Lipinski definition) is 2. The van der Waals surface area contributed by atoms with Gasteiger partial charge in [-0.2, -0.15) is 0 Å².